The molecule has 4 aromatic rings. The zero-order chi connectivity index (χ0) is 17.9. The Hall–Kier alpha value is -3.73. The Morgan fingerprint density at radius 3 is 2.50 bits per heavy atom. The van der Waals surface area contributed by atoms with Crippen LogP contribution in [0.15, 0.2) is 83.8 Å². The predicted molar refractivity (Wildman–Crippen MR) is 102 cm³/mol. The summed E-state index contributed by atoms with van der Waals surface area (Å²) in [7, 11) is 0. The van der Waals surface area contributed by atoms with Gasteiger partial charge in [-0.3, -0.25) is 14.6 Å². The number of aromatic amines is 1. The number of rotatable bonds is 3. The van der Waals surface area contributed by atoms with E-state index in [2.05, 4.69) is 15.3 Å². The maximum Gasteiger partial charge on any atom is 0.261 e. The van der Waals surface area contributed by atoms with Crippen LogP contribution in [-0.4, -0.2) is 15.9 Å². The van der Waals surface area contributed by atoms with Gasteiger partial charge in [-0.25, -0.2) is 0 Å². The van der Waals surface area contributed by atoms with Gasteiger partial charge in [0.2, 0.25) is 0 Å². The van der Waals surface area contributed by atoms with Crippen LogP contribution < -0.4 is 10.9 Å². The zero-order valence-corrected chi connectivity index (χ0v) is 13.8. The Balaban J connectivity index is 1.60. The highest BCUT2D eigenvalue weighted by molar-refractivity contribution is 6.04. The van der Waals surface area contributed by atoms with Crippen molar-refractivity contribution in [2.75, 3.05) is 5.32 Å². The number of benzene rings is 2. The van der Waals surface area contributed by atoms with E-state index in [1.54, 1.807) is 12.3 Å². The quantitative estimate of drug-likeness (QED) is 0.594. The molecule has 0 fully saturated rings. The first-order valence-corrected chi connectivity index (χ1v) is 8.15. The molecule has 0 unspecified atom stereocenters. The van der Waals surface area contributed by atoms with Gasteiger partial charge in [0.1, 0.15) is 5.56 Å². The molecule has 0 bridgehead atoms. The number of carbonyl (C=O) groups is 1. The third-order valence-electron chi connectivity index (χ3n) is 4.09. The van der Waals surface area contributed by atoms with E-state index in [0.717, 1.165) is 16.5 Å². The number of nitrogens with zero attached hydrogens (tertiary/aromatic N) is 1. The van der Waals surface area contributed by atoms with Gasteiger partial charge in [-0.1, -0.05) is 48.5 Å². The molecule has 0 saturated heterocycles. The molecule has 5 nitrogen and oxygen atoms in total. The lowest BCUT2D eigenvalue weighted by Gasteiger charge is -2.07. The second kappa shape index (κ2) is 6.64. The molecule has 5 heteroatoms. The summed E-state index contributed by atoms with van der Waals surface area (Å²) >= 11 is 0. The van der Waals surface area contributed by atoms with Gasteiger partial charge in [0.05, 0.1) is 17.4 Å². The Bertz CT molecular complexity index is 1150. The smallest absolute Gasteiger partial charge is 0.261 e. The number of pyridine rings is 2. The van der Waals surface area contributed by atoms with Crippen LogP contribution in [0, 0.1) is 0 Å². The third-order valence-corrected chi connectivity index (χ3v) is 4.09. The molecule has 2 heterocycles. The lowest BCUT2D eigenvalue weighted by atomic mass is 10.1. The number of fused-ring (bicyclic) bond motifs is 1. The van der Waals surface area contributed by atoms with E-state index in [0.29, 0.717) is 11.4 Å². The van der Waals surface area contributed by atoms with Crippen LogP contribution >= 0.6 is 0 Å². The van der Waals surface area contributed by atoms with Crippen molar-refractivity contribution >= 4 is 22.5 Å². The Morgan fingerprint density at radius 1 is 0.923 bits per heavy atom. The summed E-state index contributed by atoms with van der Waals surface area (Å²) < 4.78 is 0. The van der Waals surface area contributed by atoms with Gasteiger partial charge in [0, 0.05) is 11.1 Å². The van der Waals surface area contributed by atoms with Gasteiger partial charge in [-0.2, -0.15) is 0 Å². The maximum atomic E-state index is 12.5. The fraction of sp³-hybridized carbons (Fsp3) is 0. The molecule has 0 aliphatic heterocycles. The molecule has 4 rings (SSSR count). The van der Waals surface area contributed by atoms with Crippen LogP contribution in [0.2, 0.25) is 0 Å². The van der Waals surface area contributed by atoms with Crippen LogP contribution in [0.3, 0.4) is 0 Å². The normalized spacial score (nSPS) is 10.6. The lowest BCUT2D eigenvalue weighted by Crippen LogP contribution is -2.23. The summed E-state index contributed by atoms with van der Waals surface area (Å²) in [5.74, 6) is -0.469. The maximum absolute atomic E-state index is 12.5. The molecule has 2 aromatic heterocycles. The van der Waals surface area contributed by atoms with E-state index in [1.807, 2.05) is 60.7 Å². The van der Waals surface area contributed by atoms with Crippen molar-refractivity contribution in [3.8, 4) is 11.3 Å². The molecular weight excluding hydrogens is 326 g/mol. The summed E-state index contributed by atoms with van der Waals surface area (Å²) in [5.41, 5.74) is 2.56. The summed E-state index contributed by atoms with van der Waals surface area (Å²) in [6, 6.07) is 22.2. The molecule has 0 aliphatic carbocycles. The summed E-state index contributed by atoms with van der Waals surface area (Å²) in [5, 5.41) is 3.64. The van der Waals surface area contributed by atoms with Crippen molar-refractivity contribution in [2.45, 2.75) is 0 Å². The van der Waals surface area contributed by atoms with Crippen LogP contribution in [0.5, 0.6) is 0 Å². The molecular formula is C21H15N3O2. The molecule has 0 atom stereocenters. The highest BCUT2D eigenvalue weighted by Gasteiger charge is 2.12. The average molecular weight is 341 g/mol. The molecule has 0 spiro atoms. The number of aromatic nitrogens is 2. The molecule has 1 amide bonds. The molecule has 0 radical (unpaired) electrons. The van der Waals surface area contributed by atoms with E-state index in [1.165, 1.54) is 6.07 Å². The first kappa shape index (κ1) is 15.8. The second-order valence-electron chi connectivity index (χ2n) is 5.85. The number of carbonyl (C=O) groups excluding carboxylic acids is 1. The lowest BCUT2D eigenvalue weighted by molar-refractivity contribution is 0.102. The highest BCUT2D eigenvalue weighted by Crippen LogP contribution is 2.17. The first-order chi connectivity index (χ1) is 12.7. The molecule has 2 aromatic carbocycles. The highest BCUT2D eigenvalue weighted by atomic mass is 16.2. The fourth-order valence-electron chi connectivity index (χ4n) is 2.78. The Kier molecular flexibility index (Phi) is 4.03. The number of hydrogen-bond acceptors (Lipinski definition) is 3. The number of para-hydroxylation sites is 1. The van der Waals surface area contributed by atoms with Crippen LogP contribution in [0.4, 0.5) is 5.69 Å². The average Bonchev–Trinajstić information content (AvgIpc) is 2.68. The van der Waals surface area contributed by atoms with Crippen LogP contribution in [0.25, 0.3) is 22.2 Å². The number of anilines is 1. The van der Waals surface area contributed by atoms with Gasteiger partial charge in [0.25, 0.3) is 11.5 Å². The number of hydrogen-bond donors (Lipinski definition) is 2. The van der Waals surface area contributed by atoms with Gasteiger partial charge in [0.15, 0.2) is 0 Å². The number of amides is 1. The van der Waals surface area contributed by atoms with E-state index in [-0.39, 0.29) is 5.56 Å². The van der Waals surface area contributed by atoms with Gasteiger partial charge < -0.3 is 10.3 Å². The summed E-state index contributed by atoms with van der Waals surface area (Å²) in [6.45, 7) is 0. The monoisotopic (exact) mass is 341 g/mol. The van der Waals surface area contributed by atoms with Crippen LogP contribution in [-0.2, 0) is 0 Å². The van der Waals surface area contributed by atoms with Crippen molar-refractivity contribution in [3.05, 3.63) is 94.9 Å². The third kappa shape index (κ3) is 3.10. The molecule has 26 heavy (non-hydrogen) atoms. The predicted octanol–water partition coefficient (Wildman–Crippen LogP) is 3.84. The molecule has 126 valence electrons. The Morgan fingerprint density at radius 2 is 1.69 bits per heavy atom. The minimum atomic E-state index is -0.469. The fourth-order valence-corrected chi connectivity index (χ4v) is 2.78. The van der Waals surface area contributed by atoms with Crippen molar-refractivity contribution in [1.29, 1.82) is 0 Å². The largest absolute Gasteiger partial charge is 0.321 e. The molecule has 0 aliphatic rings. The van der Waals surface area contributed by atoms with Crippen molar-refractivity contribution in [2.24, 2.45) is 0 Å². The van der Waals surface area contributed by atoms with Crippen molar-refractivity contribution in [3.63, 3.8) is 0 Å². The molecule has 0 saturated carbocycles. The first-order valence-electron chi connectivity index (χ1n) is 8.15. The standard InChI is InChI=1S/C21H15N3O2/c25-20(23-16-12-15-8-4-5-9-18(15)22-13-16)17-10-11-19(24-21(17)26)14-6-2-1-3-7-14/h1-13H,(H,23,25)(H,24,26). The second-order valence-corrected chi connectivity index (χ2v) is 5.85. The SMILES string of the molecule is O=C(Nc1cnc2ccccc2c1)c1ccc(-c2ccccc2)[nH]c1=O. The number of H-pyrrole nitrogens is 1. The summed E-state index contributed by atoms with van der Waals surface area (Å²) in [4.78, 5) is 31.8. The zero-order valence-electron chi connectivity index (χ0n) is 13.8. The number of nitrogens with one attached hydrogen (secondary N) is 2. The topological polar surface area (TPSA) is 74.8 Å². The van der Waals surface area contributed by atoms with E-state index < -0.39 is 11.5 Å². The van der Waals surface area contributed by atoms with Gasteiger partial charge in [-0.15, -0.1) is 0 Å². The summed E-state index contributed by atoms with van der Waals surface area (Å²) in [6.07, 6.45) is 1.58. The Labute approximate surface area is 149 Å². The minimum absolute atomic E-state index is 0.0536. The van der Waals surface area contributed by atoms with E-state index in [9.17, 15) is 9.59 Å². The molecule has 2 N–H and O–H groups in total. The van der Waals surface area contributed by atoms with E-state index in [4.69, 9.17) is 0 Å². The van der Waals surface area contributed by atoms with Crippen molar-refractivity contribution < 1.29 is 4.79 Å². The minimum Gasteiger partial charge on any atom is -0.321 e. The van der Waals surface area contributed by atoms with Gasteiger partial charge >= 0.3 is 0 Å². The van der Waals surface area contributed by atoms with Crippen LogP contribution in [0.1, 0.15) is 10.4 Å². The van der Waals surface area contributed by atoms with E-state index >= 15 is 0 Å². The van der Waals surface area contributed by atoms with Crippen molar-refractivity contribution in [1.82, 2.24) is 9.97 Å². The van der Waals surface area contributed by atoms with Gasteiger partial charge in [-0.05, 0) is 29.8 Å².